The Balaban J connectivity index is 0.875. The van der Waals surface area contributed by atoms with Crippen LogP contribution in [0.3, 0.4) is 0 Å². The quantitative estimate of drug-likeness (QED) is 0.140. The van der Waals surface area contributed by atoms with E-state index in [0.717, 1.165) is 17.1 Å². The van der Waals surface area contributed by atoms with Crippen molar-refractivity contribution in [3.8, 4) is 62.6 Å². The highest BCUT2D eigenvalue weighted by molar-refractivity contribution is 7.19. The average Bonchev–Trinajstić information content (AvgIpc) is 4.18. The minimum atomic E-state index is 1.11. The minimum absolute atomic E-state index is 1.11. The number of fused-ring (bicyclic) bond motifs is 3. The van der Waals surface area contributed by atoms with Gasteiger partial charge in [-0.15, -0.1) is 34.0 Å². The van der Waals surface area contributed by atoms with Crippen molar-refractivity contribution < 1.29 is 0 Å². The summed E-state index contributed by atoms with van der Waals surface area (Å²) in [7, 11) is 0. The molecule has 0 spiro atoms. The van der Waals surface area contributed by atoms with Crippen molar-refractivity contribution in [2.24, 2.45) is 0 Å². The van der Waals surface area contributed by atoms with Crippen LogP contribution in [0.4, 0.5) is 17.1 Å². The number of anilines is 3. The second-order valence-corrected chi connectivity index (χ2v) is 19.3. The summed E-state index contributed by atoms with van der Waals surface area (Å²) in [6, 6.07) is 86.5. The molecule has 3 heterocycles. The normalized spacial score (nSPS) is 11.4. The van der Waals surface area contributed by atoms with Gasteiger partial charge < -0.3 is 4.90 Å². The van der Waals surface area contributed by atoms with Gasteiger partial charge in [0.25, 0.3) is 0 Å². The Morgan fingerprint density at radius 3 is 0.797 bits per heavy atom. The van der Waals surface area contributed by atoms with Crippen LogP contribution in [0.2, 0.25) is 0 Å². The molecule has 0 saturated heterocycles. The molecule has 9 aromatic carbocycles. The molecule has 0 aliphatic rings. The van der Waals surface area contributed by atoms with Gasteiger partial charge in [-0.05, 0) is 138 Å². The highest BCUT2D eigenvalue weighted by Crippen LogP contribution is 2.44. The first kappa shape index (κ1) is 38.3. The largest absolute Gasteiger partial charge is 0.311 e. The summed E-state index contributed by atoms with van der Waals surface area (Å²) in [6.45, 7) is 0. The molecule has 12 aromatic rings. The molecule has 4 heteroatoms. The Bertz CT molecular complexity index is 3210. The van der Waals surface area contributed by atoms with Gasteiger partial charge in [-0.3, -0.25) is 0 Å². The summed E-state index contributed by atoms with van der Waals surface area (Å²) in [4.78, 5) is 9.99. The maximum Gasteiger partial charge on any atom is 0.0462 e. The molecule has 64 heavy (non-hydrogen) atoms. The van der Waals surface area contributed by atoms with Gasteiger partial charge in [-0.25, -0.2) is 0 Å². The van der Waals surface area contributed by atoms with E-state index >= 15 is 0 Å². The van der Waals surface area contributed by atoms with Gasteiger partial charge in [0.2, 0.25) is 0 Å². The number of rotatable bonds is 9. The van der Waals surface area contributed by atoms with Crippen molar-refractivity contribution in [2.45, 2.75) is 0 Å². The lowest BCUT2D eigenvalue weighted by molar-refractivity contribution is 1.28. The van der Waals surface area contributed by atoms with E-state index in [1.807, 2.05) is 34.0 Å². The van der Waals surface area contributed by atoms with Crippen molar-refractivity contribution in [3.63, 3.8) is 0 Å². The first-order chi connectivity index (χ1) is 31.7. The van der Waals surface area contributed by atoms with E-state index in [2.05, 4.69) is 241 Å². The fraction of sp³-hybridized carbons (Fsp3) is 0. The van der Waals surface area contributed by atoms with E-state index < -0.39 is 0 Å². The number of hydrogen-bond donors (Lipinski definition) is 0. The van der Waals surface area contributed by atoms with Crippen molar-refractivity contribution in [3.05, 3.63) is 237 Å². The molecule has 0 saturated carbocycles. The third-order valence-electron chi connectivity index (χ3n) is 12.2. The molecule has 0 unspecified atom stereocenters. The van der Waals surface area contributed by atoms with Gasteiger partial charge in [-0.1, -0.05) is 164 Å². The molecule has 0 amide bonds. The molecule has 12 rings (SSSR count). The van der Waals surface area contributed by atoms with Crippen LogP contribution in [-0.4, -0.2) is 0 Å². The van der Waals surface area contributed by atoms with Crippen LogP contribution in [0.15, 0.2) is 237 Å². The van der Waals surface area contributed by atoms with Crippen molar-refractivity contribution in [1.82, 2.24) is 0 Å². The number of nitrogens with zero attached hydrogens (tertiary/aromatic N) is 1. The van der Waals surface area contributed by atoms with Crippen LogP contribution in [0, 0.1) is 0 Å². The molecule has 0 aliphatic carbocycles. The van der Waals surface area contributed by atoms with Gasteiger partial charge in [0.1, 0.15) is 0 Å². The Kier molecular flexibility index (Phi) is 9.83. The maximum absolute atomic E-state index is 2.37. The summed E-state index contributed by atoms with van der Waals surface area (Å²) < 4.78 is 0. The first-order valence-corrected chi connectivity index (χ1v) is 24.0. The molecule has 0 fully saturated rings. The second kappa shape index (κ2) is 16.4. The molecule has 302 valence electrons. The van der Waals surface area contributed by atoms with Crippen molar-refractivity contribution in [1.29, 1.82) is 0 Å². The average molecular weight is 870 g/mol. The molecular weight excluding hydrogens is 831 g/mol. The molecule has 0 N–H and O–H groups in total. The van der Waals surface area contributed by atoms with Crippen LogP contribution in [-0.2, 0) is 0 Å². The van der Waals surface area contributed by atoms with Crippen LogP contribution >= 0.6 is 34.0 Å². The zero-order valence-electron chi connectivity index (χ0n) is 34.7. The lowest BCUT2D eigenvalue weighted by atomic mass is 10.0. The molecule has 1 nitrogen and oxygen atoms in total. The number of hydrogen-bond acceptors (Lipinski definition) is 4. The fourth-order valence-electron chi connectivity index (χ4n) is 9.01. The standard InChI is InChI=1S/C60H39NS3/c1-4-16-49-40(10-1)13-7-19-52(49)58-37-34-55(62-58)43-22-28-46(29-23-43)61(47-30-24-44(25-31-47)56-35-38-59(63-56)53-20-8-14-41-11-2-5-17-50(41)53)48-32-26-45(27-33-48)57-36-39-60(64-57)54-21-9-15-42-12-3-6-18-51(42)54/h1-39H. The van der Waals surface area contributed by atoms with E-state index in [4.69, 9.17) is 0 Å². The molecule has 0 bridgehead atoms. The zero-order chi connectivity index (χ0) is 42.4. The molecular formula is C60H39NS3. The van der Waals surface area contributed by atoms with Gasteiger partial charge in [-0.2, -0.15) is 0 Å². The molecule has 0 atom stereocenters. The third kappa shape index (κ3) is 7.12. The Hall–Kier alpha value is -7.34. The minimum Gasteiger partial charge on any atom is -0.311 e. The van der Waals surface area contributed by atoms with Crippen LogP contribution in [0.1, 0.15) is 0 Å². The van der Waals surface area contributed by atoms with Crippen molar-refractivity contribution in [2.75, 3.05) is 4.90 Å². The highest BCUT2D eigenvalue weighted by Gasteiger charge is 2.17. The second-order valence-electron chi connectivity index (χ2n) is 16.0. The monoisotopic (exact) mass is 869 g/mol. The number of benzene rings is 9. The lowest BCUT2D eigenvalue weighted by Gasteiger charge is -2.26. The lowest BCUT2D eigenvalue weighted by Crippen LogP contribution is -2.09. The molecule has 0 radical (unpaired) electrons. The summed E-state index contributed by atoms with van der Waals surface area (Å²) >= 11 is 5.55. The van der Waals surface area contributed by atoms with E-state index in [-0.39, 0.29) is 0 Å². The topological polar surface area (TPSA) is 3.24 Å². The van der Waals surface area contributed by atoms with Crippen LogP contribution < -0.4 is 4.90 Å². The zero-order valence-corrected chi connectivity index (χ0v) is 37.1. The van der Waals surface area contributed by atoms with E-state index in [1.54, 1.807) is 0 Å². The SMILES string of the molecule is c1ccc2c(-c3ccc(-c4ccc(N(c5ccc(-c6ccc(-c7cccc8ccccc78)s6)cc5)c5ccc(-c6ccc(-c7cccc8ccccc78)s6)cc5)cc4)s3)cccc2c1. The van der Waals surface area contributed by atoms with Crippen LogP contribution in [0.25, 0.3) is 95.0 Å². The highest BCUT2D eigenvalue weighted by atomic mass is 32.1. The Morgan fingerprint density at radius 1 is 0.219 bits per heavy atom. The maximum atomic E-state index is 2.37. The summed E-state index contributed by atoms with van der Waals surface area (Å²) in [5, 5.41) is 7.66. The summed E-state index contributed by atoms with van der Waals surface area (Å²) in [5.74, 6) is 0. The van der Waals surface area contributed by atoms with Gasteiger partial charge in [0, 0.05) is 46.3 Å². The number of thiophene rings is 3. The van der Waals surface area contributed by atoms with Gasteiger partial charge >= 0.3 is 0 Å². The smallest absolute Gasteiger partial charge is 0.0462 e. The Morgan fingerprint density at radius 2 is 0.484 bits per heavy atom. The summed E-state index contributed by atoms with van der Waals surface area (Å²) in [6.07, 6.45) is 0. The van der Waals surface area contributed by atoms with E-state index in [0.29, 0.717) is 0 Å². The first-order valence-electron chi connectivity index (χ1n) is 21.6. The fourth-order valence-corrected chi connectivity index (χ4v) is 12.2. The van der Waals surface area contributed by atoms with Gasteiger partial charge in [0.05, 0.1) is 0 Å². The third-order valence-corrected chi connectivity index (χ3v) is 15.7. The van der Waals surface area contributed by atoms with E-state index in [1.165, 1.54) is 95.0 Å². The molecule has 0 aliphatic heterocycles. The van der Waals surface area contributed by atoms with Crippen molar-refractivity contribution >= 4 is 83.4 Å². The predicted molar refractivity (Wildman–Crippen MR) is 280 cm³/mol. The van der Waals surface area contributed by atoms with Gasteiger partial charge in [0.15, 0.2) is 0 Å². The van der Waals surface area contributed by atoms with E-state index in [9.17, 15) is 0 Å². The Labute approximate surface area is 385 Å². The predicted octanol–water partition coefficient (Wildman–Crippen LogP) is 18.8. The summed E-state index contributed by atoms with van der Waals surface area (Å²) in [5.41, 5.74) is 10.8. The van der Waals surface area contributed by atoms with Crippen LogP contribution in [0.5, 0.6) is 0 Å². The molecule has 3 aromatic heterocycles.